The van der Waals surface area contributed by atoms with E-state index in [2.05, 4.69) is 20.8 Å². The van der Waals surface area contributed by atoms with Crippen molar-refractivity contribution in [3.8, 4) is 0 Å². The first-order valence-corrected chi connectivity index (χ1v) is 5.68. The first kappa shape index (κ1) is 11.6. The van der Waals surface area contributed by atoms with Crippen LogP contribution in [-0.2, 0) is 4.79 Å². The Morgan fingerprint density at radius 3 is 3.18 bits per heavy atom. The molecule has 0 spiro atoms. The fourth-order valence-corrected chi connectivity index (χ4v) is 1.72. The van der Waals surface area contributed by atoms with Crippen molar-refractivity contribution in [2.24, 2.45) is 0 Å². The molecule has 1 amide bonds. The molecule has 0 bridgehead atoms. The maximum Gasteiger partial charge on any atom is 0.224 e. The smallest absolute Gasteiger partial charge is 0.224 e. The highest BCUT2D eigenvalue weighted by molar-refractivity contribution is 6.00. The van der Waals surface area contributed by atoms with Gasteiger partial charge >= 0.3 is 0 Å². The SMILES string of the molecule is CNCCCC(=O)Nc1cccc2[nH]ncc12. The van der Waals surface area contributed by atoms with Crippen LogP contribution < -0.4 is 10.6 Å². The van der Waals surface area contributed by atoms with E-state index in [-0.39, 0.29) is 5.91 Å². The fourth-order valence-electron chi connectivity index (χ4n) is 1.72. The Morgan fingerprint density at radius 2 is 2.35 bits per heavy atom. The number of amides is 1. The lowest BCUT2D eigenvalue weighted by Gasteiger charge is -2.05. The van der Waals surface area contributed by atoms with Crippen LogP contribution in [0.3, 0.4) is 0 Å². The third-order valence-electron chi connectivity index (χ3n) is 2.59. The Labute approximate surface area is 99.6 Å². The summed E-state index contributed by atoms with van der Waals surface area (Å²) in [4.78, 5) is 11.7. The van der Waals surface area contributed by atoms with Crippen molar-refractivity contribution in [2.75, 3.05) is 18.9 Å². The molecule has 0 aliphatic rings. The van der Waals surface area contributed by atoms with Crippen molar-refractivity contribution >= 4 is 22.5 Å². The molecule has 90 valence electrons. The van der Waals surface area contributed by atoms with Crippen molar-refractivity contribution < 1.29 is 4.79 Å². The number of fused-ring (bicyclic) bond motifs is 1. The number of nitrogens with one attached hydrogen (secondary N) is 3. The summed E-state index contributed by atoms with van der Waals surface area (Å²) in [5, 5.41) is 13.7. The molecule has 1 heterocycles. The molecule has 0 saturated carbocycles. The lowest BCUT2D eigenvalue weighted by molar-refractivity contribution is -0.116. The number of aromatic nitrogens is 2. The molecule has 2 rings (SSSR count). The normalized spacial score (nSPS) is 10.6. The number of aromatic amines is 1. The average Bonchev–Trinajstić information content (AvgIpc) is 2.78. The van der Waals surface area contributed by atoms with Crippen LogP contribution in [0, 0.1) is 0 Å². The first-order valence-electron chi connectivity index (χ1n) is 5.68. The summed E-state index contributed by atoms with van der Waals surface area (Å²) in [6.45, 7) is 0.851. The summed E-state index contributed by atoms with van der Waals surface area (Å²) >= 11 is 0. The fraction of sp³-hybridized carbons (Fsp3) is 0.333. The van der Waals surface area contributed by atoms with Gasteiger partial charge in [0.2, 0.25) is 5.91 Å². The second kappa shape index (κ2) is 5.45. The van der Waals surface area contributed by atoms with Crippen LogP contribution in [0.5, 0.6) is 0 Å². The molecule has 0 saturated heterocycles. The minimum Gasteiger partial charge on any atom is -0.325 e. The maximum atomic E-state index is 11.7. The van der Waals surface area contributed by atoms with Crippen molar-refractivity contribution in [1.82, 2.24) is 15.5 Å². The quantitative estimate of drug-likeness (QED) is 0.684. The molecule has 0 fully saturated rings. The molecule has 0 radical (unpaired) electrons. The number of H-pyrrole nitrogens is 1. The third kappa shape index (κ3) is 2.82. The van der Waals surface area contributed by atoms with Gasteiger partial charge in [0, 0.05) is 11.8 Å². The Balaban J connectivity index is 2.03. The highest BCUT2D eigenvalue weighted by Gasteiger charge is 2.06. The minimum atomic E-state index is 0.0361. The van der Waals surface area contributed by atoms with Gasteiger partial charge in [0.05, 0.1) is 17.4 Å². The number of anilines is 1. The number of hydrogen-bond acceptors (Lipinski definition) is 3. The van der Waals surface area contributed by atoms with Gasteiger partial charge in [-0.2, -0.15) is 5.10 Å². The van der Waals surface area contributed by atoms with Gasteiger partial charge in [-0.3, -0.25) is 9.89 Å². The molecule has 1 aromatic heterocycles. The van der Waals surface area contributed by atoms with E-state index in [1.54, 1.807) is 6.20 Å². The molecule has 3 N–H and O–H groups in total. The van der Waals surface area contributed by atoms with E-state index in [0.717, 1.165) is 29.6 Å². The molecule has 5 nitrogen and oxygen atoms in total. The Morgan fingerprint density at radius 1 is 1.47 bits per heavy atom. The molecule has 0 aliphatic carbocycles. The van der Waals surface area contributed by atoms with Gasteiger partial charge in [0.1, 0.15) is 0 Å². The predicted octanol–water partition coefficient (Wildman–Crippen LogP) is 1.50. The van der Waals surface area contributed by atoms with Gasteiger partial charge in [0.15, 0.2) is 0 Å². The number of carbonyl (C=O) groups excluding carboxylic acids is 1. The first-order chi connectivity index (χ1) is 8.31. The second-order valence-corrected chi connectivity index (χ2v) is 3.89. The summed E-state index contributed by atoms with van der Waals surface area (Å²) in [7, 11) is 1.88. The number of rotatable bonds is 5. The molecule has 17 heavy (non-hydrogen) atoms. The van der Waals surface area contributed by atoms with Crippen molar-refractivity contribution in [1.29, 1.82) is 0 Å². The van der Waals surface area contributed by atoms with E-state index in [9.17, 15) is 4.79 Å². The lowest BCUT2D eigenvalue weighted by Crippen LogP contribution is -2.15. The van der Waals surface area contributed by atoms with E-state index >= 15 is 0 Å². The monoisotopic (exact) mass is 232 g/mol. The minimum absolute atomic E-state index is 0.0361. The number of benzene rings is 1. The van der Waals surface area contributed by atoms with Crippen LogP contribution in [0.25, 0.3) is 10.9 Å². The molecule has 1 aromatic carbocycles. The van der Waals surface area contributed by atoms with E-state index < -0.39 is 0 Å². The van der Waals surface area contributed by atoms with Crippen molar-refractivity contribution in [2.45, 2.75) is 12.8 Å². The topological polar surface area (TPSA) is 69.8 Å². The molecule has 0 atom stereocenters. The highest BCUT2D eigenvalue weighted by atomic mass is 16.1. The van der Waals surface area contributed by atoms with Crippen LogP contribution in [0.2, 0.25) is 0 Å². The molecule has 0 aliphatic heterocycles. The average molecular weight is 232 g/mol. The number of carbonyl (C=O) groups is 1. The Bertz CT molecular complexity index is 506. The van der Waals surface area contributed by atoms with Gasteiger partial charge in [-0.1, -0.05) is 6.07 Å². The van der Waals surface area contributed by atoms with E-state index in [1.807, 2.05) is 25.2 Å². The number of nitrogens with zero attached hydrogens (tertiary/aromatic N) is 1. The summed E-state index contributed by atoms with van der Waals surface area (Å²) in [5.74, 6) is 0.0361. The molecule has 2 aromatic rings. The predicted molar refractivity (Wildman–Crippen MR) is 67.9 cm³/mol. The standard InChI is InChI=1S/C12H16N4O/c1-13-7-3-6-12(17)15-10-4-2-5-11-9(10)8-14-16-11/h2,4-5,8,13H,3,6-7H2,1H3,(H,14,16)(H,15,17). The van der Waals surface area contributed by atoms with Crippen LogP contribution in [0.4, 0.5) is 5.69 Å². The van der Waals surface area contributed by atoms with E-state index in [0.29, 0.717) is 6.42 Å². The van der Waals surface area contributed by atoms with Crippen LogP contribution in [0.15, 0.2) is 24.4 Å². The third-order valence-corrected chi connectivity index (χ3v) is 2.59. The van der Waals surface area contributed by atoms with Gasteiger partial charge in [-0.25, -0.2) is 0 Å². The van der Waals surface area contributed by atoms with E-state index in [4.69, 9.17) is 0 Å². The molecular formula is C12H16N4O. The summed E-state index contributed by atoms with van der Waals surface area (Å²) in [6, 6.07) is 5.70. The second-order valence-electron chi connectivity index (χ2n) is 3.89. The molecule has 0 unspecified atom stereocenters. The van der Waals surface area contributed by atoms with Crippen LogP contribution in [-0.4, -0.2) is 29.7 Å². The zero-order valence-electron chi connectivity index (χ0n) is 9.79. The van der Waals surface area contributed by atoms with E-state index in [1.165, 1.54) is 0 Å². The maximum absolute atomic E-state index is 11.7. The van der Waals surface area contributed by atoms with Crippen LogP contribution in [0.1, 0.15) is 12.8 Å². The van der Waals surface area contributed by atoms with Crippen LogP contribution >= 0.6 is 0 Å². The highest BCUT2D eigenvalue weighted by Crippen LogP contribution is 2.21. The van der Waals surface area contributed by atoms with Crippen molar-refractivity contribution in [3.05, 3.63) is 24.4 Å². The Kier molecular flexibility index (Phi) is 3.72. The lowest BCUT2D eigenvalue weighted by atomic mass is 10.2. The van der Waals surface area contributed by atoms with Gasteiger partial charge < -0.3 is 10.6 Å². The van der Waals surface area contributed by atoms with Gasteiger partial charge in [0.25, 0.3) is 0 Å². The zero-order valence-corrected chi connectivity index (χ0v) is 9.79. The largest absolute Gasteiger partial charge is 0.325 e. The van der Waals surface area contributed by atoms with Gasteiger partial charge in [-0.15, -0.1) is 0 Å². The Hall–Kier alpha value is -1.88. The summed E-state index contributed by atoms with van der Waals surface area (Å²) < 4.78 is 0. The van der Waals surface area contributed by atoms with Crippen molar-refractivity contribution in [3.63, 3.8) is 0 Å². The summed E-state index contributed by atoms with van der Waals surface area (Å²) in [6.07, 6.45) is 3.08. The zero-order chi connectivity index (χ0) is 12.1. The molecular weight excluding hydrogens is 216 g/mol. The van der Waals surface area contributed by atoms with Gasteiger partial charge in [-0.05, 0) is 32.1 Å². The summed E-state index contributed by atoms with van der Waals surface area (Å²) in [5.41, 5.74) is 1.74. The molecule has 5 heteroatoms. The number of hydrogen-bond donors (Lipinski definition) is 3.